The number of thiazole rings is 1. The quantitative estimate of drug-likeness (QED) is 0.793. The van der Waals surface area contributed by atoms with Crippen LogP contribution in [0, 0.1) is 6.92 Å². The lowest BCUT2D eigenvalue weighted by atomic mass is 9.80. The highest BCUT2D eigenvalue weighted by molar-refractivity contribution is 7.11. The van der Waals surface area contributed by atoms with Crippen LogP contribution in [-0.2, 0) is 6.54 Å². The lowest BCUT2D eigenvalue weighted by Crippen LogP contribution is -2.43. The summed E-state index contributed by atoms with van der Waals surface area (Å²) in [5, 5.41) is 4.62. The molecule has 1 aliphatic rings. The fourth-order valence-electron chi connectivity index (χ4n) is 2.54. The minimum atomic E-state index is 0.106. The Kier molecular flexibility index (Phi) is 4.54. The van der Waals surface area contributed by atoms with Crippen LogP contribution in [0.5, 0.6) is 0 Å². The summed E-state index contributed by atoms with van der Waals surface area (Å²) in [6, 6.07) is 0. The van der Waals surface area contributed by atoms with E-state index in [2.05, 4.69) is 10.3 Å². The van der Waals surface area contributed by atoms with Crippen LogP contribution in [0.1, 0.15) is 48.4 Å². The van der Waals surface area contributed by atoms with Gasteiger partial charge in [-0.25, -0.2) is 4.98 Å². The van der Waals surface area contributed by atoms with E-state index in [1.165, 1.54) is 37.0 Å². The summed E-state index contributed by atoms with van der Waals surface area (Å²) in [6.45, 7) is 4.00. The van der Waals surface area contributed by atoms with Crippen LogP contribution in [0.3, 0.4) is 0 Å². The largest absolute Gasteiger partial charge is 0.325 e. The fraction of sp³-hybridized carbons (Fsp3) is 0.769. The Morgan fingerprint density at radius 3 is 2.82 bits per heavy atom. The summed E-state index contributed by atoms with van der Waals surface area (Å²) in [7, 11) is 0. The van der Waals surface area contributed by atoms with Crippen LogP contribution in [0.15, 0.2) is 6.20 Å². The highest BCUT2D eigenvalue weighted by atomic mass is 32.1. The molecule has 3 N–H and O–H groups in total. The van der Waals surface area contributed by atoms with Crippen LogP contribution < -0.4 is 11.1 Å². The summed E-state index contributed by atoms with van der Waals surface area (Å²) < 4.78 is 0. The zero-order valence-corrected chi connectivity index (χ0v) is 11.5. The Balaban J connectivity index is 1.65. The number of aryl methyl sites for hydroxylation is 1. The number of nitrogens with zero attached hydrogens (tertiary/aromatic N) is 1. The molecule has 1 aromatic rings. The van der Waals surface area contributed by atoms with Crippen LogP contribution in [-0.4, -0.2) is 17.1 Å². The van der Waals surface area contributed by atoms with Gasteiger partial charge in [-0.2, -0.15) is 0 Å². The molecular formula is C13H23N3S. The van der Waals surface area contributed by atoms with Gasteiger partial charge in [-0.3, -0.25) is 0 Å². The Morgan fingerprint density at radius 2 is 2.18 bits per heavy atom. The van der Waals surface area contributed by atoms with Crippen molar-refractivity contribution in [2.45, 2.75) is 57.5 Å². The van der Waals surface area contributed by atoms with E-state index in [4.69, 9.17) is 5.73 Å². The predicted octanol–water partition coefficient (Wildman–Crippen LogP) is 2.59. The van der Waals surface area contributed by atoms with Gasteiger partial charge in [0.15, 0.2) is 0 Å². The molecule has 0 radical (unpaired) electrons. The van der Waals surface area contributed by atoms with Crippen LogP contribution in [0.2, 0.25) is 0 Å². The standard InChI is InChI=1S/C13H23N3S/c1-11-16-10-12(17-11)9-15-8-7-13(14)5-3-2-4-6-13/h10,15H,2-9,14H2,1H3. The average Bonchev–Trinajstić information content (AvgIpc) is 2.72. The van der Waals surface area contributed by atoms with Crippen molar-refractivity contribution in [2.24, 2.45) is 5.73 Å². The van der Waals surface area contributed by atoms with E-state index in [1.54, 1.807) is 11.3 Å². The zero-order chi connectivity index (χ0) is 12.1. The topological polar surface area (TPSA) is 50.9 Å². The molecule has 1 aromatic heterocycles. The minimum absolute atomic E-state index is 0.106. The van der Waals surface area contributed by atoms with E-state index in [-0.39, 0.29) is 5.54 Å². The summed E-state index contributed by atoms with van der Waals surface area (Å²) in [4.78, 5) is 5.57. The average molecular weight is 253 g/mol. The third-order valence-corrected chi connectivity index (χ3v) is 4.53. The molecule has 96 valence electrons. The normalized spacial score (nSPS) is 19.4. The first kappa shape index (κ1) is 13.0. The second-order valence-corrected chi connectivity index (χ2v) is 6.51. The van der Waals surface area contributed by atoms with Crippen molar-refractivity contribution in [3.63, 3.8) is 0 Å². The van der Waals surface area contributed by atoms with Crippen molar-refractivity contribution in [1.29, 1.82) is 0 Å². The van der Waals surface area contributed by atoms with Crippen LogP contribution in [0.25, 0.3) is 0 Å². The van der Waals surface area contributed by atoms with Gasteiger partial charge in [0, 0.05) is 23.2 Å². The number of hydrogen-bond acceptors (Lipinski definition) is 4. The van der Waals surface area contributed by atoms with Crippen LogP contribution >= 0.6 is 11.3 Å². The molecule has 2 rings (SSSR count). The molecule has 17 heavy (non-hydrogen) atoms. The monoisotopic (exact) mass is 253 g/mol. The lowest BCUT2D eigenvalue weighted by molar-refractivity contribution is 0.275. The van der Waals surface area contributed by atoms with Gasteiger partial charge in [0.2, 0.25) is 0 Å². The molecule has 1 aliphatic carbocycles. The molecule has 1 fully saturated rings. The van der Waals surface area contributed by atoms with E-state index in [1.807, 2.05) is 13.1 Å². The molecule has 0 aliphatic heterocycles. The molecule has 0 amide bonds. The van der Waals surface area contributed by atoms with Crippen molar-refractivity contribution in [3.8, 4) is 0 Å². The van der Waals surface area contributed by atoms with Crippen molar-refractivity contribution >= 4 is 11.3 Å². The SMILES string of the molecule is Cc1ncc(CNCCC2(N)CCCCC2)s1. The first-order chi connectivity index (χ1) is 8.18. The van der Waals surface area contributed by atoms with E-state index >= 15 is 0 Å². The van der Waals surface area contributed by atoms with Gasteiger partial charge in [-0.1, -0.05) is 19.3 Å². The first-order valence-corrected chi connectivity index (χ1v) is 7.41. The Labute approximate surface area is 108 Å². The maximum Gasteiger partial charge on any atom is 0.0897 e. The molecular weight excluding hydrogens is 230 g/mol. The van der Waals surface area contributed by atoms with Gasteiger partial charge in [-0.15, -0.1) is 11.3 Å². The summed E-state index contributed by atoms with van der Waals surface area (Å²) in [5.74, 6) is 0. The van der Waals surface area contributed by atoms with Gasteiger partial charge in [0.1, 0.15) is 0 Å². The first-order valence-electron chi connectivity index (χ1n) is 6.59. The van der Waals surface area contributed by atoms with E-state index in [9.17, 15) is 0 Å². The molecule has 1 saturated carbocycles. The molecule has 0 saturated heterocycles. The molecule has 1 heterocycles. The molecule has 0 spiro atoms. The second-order valence-electron chi connectivity index (χ2n) is 5.20. The minimum Gasteiger partial charge on any atom is -0.325 e. The maximum atomic E-state index is 6.39. The molecule has 0 atom stereocenters. The fourth-order valence-corrected chi connectivity index (χ4v) is 3.31. The molecule has 0 bridgehead atoms. The maximum absolute atomic E-state index is 6.39. The van der Waals surface area contributed by atoms with Gasteiger partial charge < -0.3 is 11.1 Å². The summed E-state index contributed by atoms with van der Waals surface area (Å²) >= 11 is 1.77. The lowest BCUT2D eigenvalue weighted by Gasteiger charge is -2.33. The van der Waals surface area contributed by atoms with E-state index < -0.39 is 0 Å². The predicted molar refractivity (Wildman–Crippen MR) is 73.2 cm³/mol. The van der Waals surface area contributed by atoms with Gasteiger partial charge in [0.05, 0.1) is 5.01 Å². The number of rotatable bonds is 5. The third kappa shape index (κ3) is 4.05. The summed E-state index contributed by atoms with van der Waals surface area (Å²) in [5.41, 5.74) is 6.50. The van der Waals surface area contributed by atoms with Crippen molar-refractivity contribution < 1.29 is 0 Å². The van der Waals surface area contributed by atoms with E-state index in [0.717, 1.165) is 24.5 Å². The zero-order valence-electron chi connectivity index (χ0n) is 10.7. The van der Waals surface area contributed by atoms with Gasteiger partial charge >= 0.3 is 0 Å². The highest BCUT2D eigenvalue weighted by Gasteiger charge is 2.26. The Morgan fingerprint density at radius 1 is 1.41 bits per heavy atom. The molecule has 4 heteroatoms. The second kappa shape index (κ2) is 5.94. The Hall–Kier alpha value is -0.450. The van der Waals surface area contributed by atoms with Crippen molar-refractivity contribution in [3.05, 3.63) is 16.1 Å². The number of nitrogens with one attached hydrogen (secondary N) is 1. The summed E-state index contributed by atoms with van der Waals surface area (Å²) in [6.07, 6.45) is 9.46. The molecule has 3 nitrogen and oxygen atoms in total. The van der Waals surface area contributed by atoms with Crippen molar-refractivity contribution in [2.75, 3.05) is 6.54 Å². The Bertz CT molecular complexity index is 342. The van der Waals surface area contributed by atoms with Crippen LogP contribution in [0.4, 0.5) is 0 Å². The highest BCUT2D eigenvalue weighted by Crippen LogP contribution is 2.28. The number of nitrogens with two attached hydrogens (primary N) is 1. The van der Waals surface area contributed by atoms with E-state index in [0.29, 0.717) is 0 Å². The van der Waals surface area contributed by atoms with Gasteiger partial charge in [-0.05, 0) is 32.7 Å². The van der Waals surface area contributed by atoms with Crippen molar-refractivity contribution in [1.82, 2.24) is 10.3 Å². The smallest absolute Gasteiger partial charge is 0.0897 e. The number of aromatic nitrogens is 1. The van der Waals surface area contributed by atoms with Gasteiger partial charge in [0.25, 0.3) is 0 Å². The third-order valence-electron chi connectivity index (χ3n) is 3.62. The number of hydrogen-bond donors (Lipinski definition) is 2. The molecule has 0 unspecified atom stereocenters. The molecule has 0 aromatic carbocycles.